The lowest BCUT2D eigenvalue weighted by molar-refractivity contribution is -0.147. The number of carbonyl (C=O) groups excluding carboxylic acids is 4. The summed E-state index contributed by atoms with van der Waals surface area (Å²) in [7, 11) is 0. The largest absolute Gasteiger partial charge is 0.354 e. The van der Waals surface area contributed by atoms with Crippen molar-refractivity contribution < 1.29 is 24.0 Å². The zero-order valence-electron chi connectivity index (χ0n) is 24.3. The van der Waals surface area contributed by atoms with Crippen LogP contribution in [-0.2, 0) is 30.4 Å². The van der Waals surface area contributed by atoms with Gasteiger partial charge in [0, 0.05) is 24.8 Å². The van der Waals surface area contributed by atoms with Gasteiger partial charge in [0.25, 0.3) is 0 Å². The van der Waals surface area contributed by atoms with Crippen LogP contribution < -0.4 is 21.4 Å². The first-order valence-corrected chi connectivity index (χ1v) is 14.1. The Bertz CT molecular complexity index is 1200. The van der Waals surface area contributed by atoms with Gasteiger partial charge in [-0.05, 0) is 51.7 Å². The number of nitrogens with one attached hydrogen (secondary N) is 4. The van der Waals surface area contributed by atoms with Gasteiger partial charge in [-0.3, -0.25) is 24.0 Å². The number of hydroxylamine groups is 1. The Labute approximate surface area is 242 Å². The van der Waals surface area contributed by atoms with Gasteiger partial charge in [-0.1, -0.05) is 72.9 Å². The van der Waals surface area contributed by atoms with Gasteiger partial charge in [-0.15, -0.1) is 0 Å². The molecule has 0 bridgehead atoms. The van der Waals surface area contributed by atoms with E-state index < -0.39 is 29.5 Å². The van der Waals surface area contributed by atoms with Crippen molar-refractivity contribution in [3.63, 3.8) is 0 Å². The Morgan fingerprint density at radius 2 is 1.68 bits per heavy atom. The quantitative estimate of drug-likeness (QED) is 0.275. The second kappa shape index (κ2) is 15.1. The van der Waals surface area contributed by atoms with Gasteiger partial charge in [0.1, 0.15) is 12.1 Å². The van der Waals surface area contributed by atoms with Crippen molar-refractivity contribution in [2.45, 2.75) is 71.1 Å². The predicted molar refractivity (Wildman–Crippen MR) is 158 cm³/mol. The Morgan fingerprint density at radius 3 is 2.41 bits per heavy atom. The third-order valence-corrected chi connectivity index (χ3v) is 6.70. The second-order valence-electron chi connectivity index (χ2n) is 11.4. The highest BCUT2D eigenvalue weighted by molar-refractivity contribution is 5.94. The van der Waals surface area contributed by atoms with Gasteiger partial charge in [-0.2, -0.15) is 0 Å². The summed E-state index contributed by atoms with van der Waals surface area (Å²) in [5.74, 6) is -1.62. The molecule has 0 spiro atoms. The average Bonchev–Trinajstić information content (AvgIpc) is 2.94. The first kappa shape index (κ1) is 31.5. The van der Waals surface area contributed by atoms with E-state index >= 15 is 0 Å². The van der Waals surface area contributed by atoms with E-state index in [4.69, 9.17) is 4.84 Å². The smallest absolute Gasteiger partial charge is 0.246 e. The zero-order valence-corrected chi connectivity index (χ0v) is 24.3. The van der Waals surface area contributed by atoms with Crippen LogP contribution in [0.2, 0.25) is 0 Å². The number of hydrogen-bond donors (Lipinski definition) is 4. The summed E-state index contributed by atoms with van der Waals surface area (Å²) < 4.78 is 0. The standard InChI is InChI=1S/C32H42N4O5/c1-22(30(39)33-21-25-17-11-16-24-15-8-9-18-26(24)25)34-31(40)27(20-29(38)36-41-32(2,3)4)35-28(37)19-10-14-23-12-6-5-7-13-23/h5-9,11-13,15-18,22,25-27H,10,14,19-21H2,1-4H3,(H,33,39)(H,34,40)(H,35,37)(H,36,38)/t22-,25?,26?,27-/m0/s1. The third kappa shape index (κ3) is 10.8. The molecular formula is C32H42N4O5. The molecule has 9 nitrogen and oxygen atoms in total. The maximum atomic E-state index is 13.2. The lowest BCUT2D eigenvalue weighted by atomic mass is 9.80. The van der Waals surface area contributed by atoms with Gasteiger partial charge in [0.2, 0.25) is 23.6 Å². The summed E-state index contributed by atoms with van der Waals surface area (Å²) in [5, 5.41) is 8.22. The highest BCUT2D eigenvalue weighted by atomic mass is 16.7. The SMILES string of the molecule is C[C@H](NC(=O)[C@H](CC(=O)NOC(C)(C)C)NC(=O)CCCc1ccccc1)C(=O)NCC1C=CC=C2C=CC=CC21. The number of fused-ring (bicyclic) bond motifs is 1. The van der Waals surface area contributed by atoms with Gasteiger partial charge in [-0.25, -0.2) is 5.48 Å². The van der Waals surface area contributed by atoms with Gasteiger partial charge in [0.05, 0.1) is 12.0 Å². The van der Waals surface area contributed by atoms with Crippen LogP contribution in [0.25, 0.3) is 0 Å². The first-order chi connectivity index (χ1) is 19.5. The van der Waals surface area contributed by atoms with Crippen molar-refractivity contribution in [1.82, 2.24) is 21.4 Å². The van der Waals surface area contributed by atoms with Crippen LogP contribution in [0.1, 0.15) is 52.5 Å². The van der Waals surface area contributed by atoms with Gasteiger partial charge < -0.3 is 16.0 Å². The molecule has 3 rings (SSSR count). The van der Waals surface area contributed by atoms with Crippen molar-refractivity contribution in [2.24, 2.45) is 11.8 Å². The average molecular weight is 563 g/mol. The van der Waals surface area contributed by atoms with Crippen LogP contribution in [0.5, 0.6) is 0 Å². The number of benzene rings is 1. The maximum absolute atomic E-state index is 13.2. The van der Waals surface area contributed by atoms with Crippen LogP contribution in [0.4, 0.5) is 0 Å². The lowest BCUT2D eigenvalue weighted by Gasteiger charge is -2.28. The summed E-state index contributed by atoms with van der Waals surface area (Å²) >= 11 is 0. The minimum Gasteiger partial charge on any atom is -0.354 e. The van der Waals surface area contributed by atoms with Crippen LogP contribution in [0.15, 0.2) is 78.4 Å². The molecule has 4 N–H and O–H groups in total. The van der Waals surface area contributed by atoms with Gasteiger partial charge in [0.15, 0.2) is 0 Å². The summed E-state index contributed by atoms with van der Waals surface area (Å²) in [5.41, 5.74) is 4.00. The van der Waals surface area contributed by atoms with Crippen LogP contribution in [-0.4, -0.2) is 47.9 Å². The Hall–Kier alpha value is -3.98. The summed E-state index contributed by atoms with van der Waals surface area (Å²) in [6, 6.07) is 7.74. The summed E-state index contributed by atoms with van der Waals surface area (Å²) in [6.07, 6.45) is 15.4. The number of aryl methyl sites for hydroxylation is 1. The van der Waals surface area contributed by atoms with E-state index in [-0.39, 0.29) is 36.5 Å². The number of rotatable bonds is 13. The topological polar surface area (TPSA) is 126 Å². The zero-order chi connectivity index (χ0) is 29.8. The molecule has 4 atom stereocenters. The second-order valence-corrected chi connectivity index (χ2v) is 11.4. The molecular weight excluding hydrogens is 520 g/mol. The van der Waals surface area contributed by atoms with Crippen molar-refractivity contribution in [3.05, 3.63) is 84.0 Å². The molecule has 1 aromatic carbocycles. The van der Waals surface area contributed by atoms with E-state index in [0.29, 0.717) is 19.4 Å². The molecule has 0 aromatic heterocycles. The van der Waals surface area contributed by atoms with E-state index in [1.165, 1.54) is 5.57 Å². The van der Waals surface area contributed by atoms with E-state index in [9.17, 15) is 19.2 Å². The number of hydrogen-bond acceptors (Lipinski definition) is 5. The fourth-order valence-electron chi connectivity index (χ4n) is 4.52. The monoisotopic (exact) mass is 562 g/mol. The highest BCUT2D eigenvalue weighted by Crippen LogP contribution is 2.30. The van der Waals surface area contributed by atoms with E-state index in [1.54, 1.807) is 27.7 Å². The van der Waals surface area contributed by atoms with Crippen molar-refractivity contribution >= 4 is 23.6 Å². The Kier molecular flexibility index (Phi) is 11.6. The molecule has 4 amide bonds. The molecule has 0 heterocycles. The van der Waals surface area contributed by atoms with E-state index in [2.05, 4.69) is 45.7 Å². The van der Waals surface area contributed by atoms with Crippen LogP contribution in [0.3, 0.4) is 0 Å². The molecule has 2 aliphatic rings. The van der Waals surface area contributed by atoms with E-state index in [1.807, 2.05) is 48.6 Å². The molecule has 9 heteroatoms. The maximum Gasteiger partial charge on any atom is 0.246 e. The Morgan fingerprint density at radius 1 is 0.927 bits per heavy atom. The third-order valence-electron chi connectivity index (χ3n) is 6.70. The molecule has 41 heavy (non-hydrogen) atoms. The number of carbonyl (C=O) groups is 4. The predicted octanol–water partition coefficient (Wildman–Crippen LogP) is 3.21. The lowest BCUT2D eigenvalue weighted by Crippen LogP contribution is -2.54. The van der Waals surface area contributed by atoms with Crippen molar-refractivity contribution in [3.8, 4) is 0 Å². The number of allylic oxidation sites excluding steroid dienone is 7. The molecule has 2 aliphatic carbocycles. The molecule has 0 saturated heterocycles. The molecule has 1 aromatic rings. The fourth-order valence-corrected chi connectivity index (χ4v) is 4.52. The molecule has 0 aliphatic heterocycles. The van der Waals surface area contributed by atoms with E-state index in [0.717, 1.165) is 5.56 Å². The highest BCUT2D eigenvalue weighted by Gasteiger charge is 2.28. The minimum atomic E-state index is -1.17. The molecule has 0 radical (unpaired) electrons. The molecule has 0 fully saturated rings. The molecule has 0 saturated carbocycles. The normalized spacial score (nSPS) is 18.9. The molecule has 220 valence electrons. The minimum absolute atomic E-state index is 0.0949. The number of amides is 4. The van der Waals surface area contributed by atoms with Crippen molar-refractivity contribution in [1.29, 1.82) is 0 Å². The van der Waals surface area contributed by atoms with Gasteiger partial charge >= 0.3 is 0 Å². The summed E-state index contributed by atoms with van der Waals surface area (Å²) in [6.45, 7) is 7.29. The fraction of sp³-hybridized carbons (Fsp3) is 0.438. The van der Waals surface area contributed by atoms with Crippen LogP contribution >= 0.6 is 0 Å². The van der Waals surface area contributed by atoms with Crippen LogP contribution in [0, 0.1) is 11.8 Å². The summed E-state index contributed by atoms with van der Waals surface area (Å²) in [4.78, 5) is 56.6. The first-order valence-electron chi connectivity index (χ1n) is 14.1. The van der Waals surface area contributed by atoms with Crippen molar-refractivity contribution in [2.75, 3.05) is 6.54 Å². The Balaban J connectivity index is 1.54. The molecule has 2 unspecified atom stereocenters.